The number of benzene rings is 2. The van der Waals surface area contributed by atoms with E-state index in [1.54, 1.807) is 5.56 Å². The molecule has 2 aromatic rings. The van der Waals surface area contributed by atoms with Crippen LogP contribution in [0.5, 0.6) is 0 Å². The maximum Gasteiger partial charge on any atom is -0.00367 e. The van der Waals surface area contributed by atoms with Gasteiger partial charge in [0.2, 0.25) is 0 Å². The Morgan fingerprint density at radius 3 is 2.12 bits per heavy atom. The van der Waals surface area contributed by atoms with Gasteiger partial charge in [-0.15, -0.1) is 0 Å². The number of nitrogens with two attached hydrogens (primary N) is 1. The van der Waals surface area contributed by atoms with Gasteiger partial charge >= 0.3 is 0 Å². The number of rotatable bonds is 13. The third kappa shape index (κ3) is 7.48. The molecular formula is C31H47N. The summed E-state index contributed by atoms with van der Waals surface area (Å²) in [5.41, 5.74) is 12.8. The molecule has 0 amide bonds. The zero-order valence-corrected chi connectivity index (χ0v) is 20.9. The molecule has 0 aliphatic heterocycles. The molecule has 2 aromatic carbocycles. The molecule has 2 N–H and O–H groups in total. The van der Waals surface area contributed by atoms with E-state index in [1.165, 1.54) is 99.3 Å². The van der Waals surface area contributed by atoms with Crippen LogP contribution in [0.25, 0.3) is 11.1 Å². The van der Waals surface area contributed by atoms with Gasteiger partial charge in [-0.05, 0) is 84.7 Å². The van der Waals surface area contributed by atoms with Crippen LogP contribution in [0.4, 0.5) is 0 Å². The molecule has 1 aliphatic carbocycles. The summed E-state index contributed by atoms with van der Waals surface area (Å²) >= 11 is 0. The molecule has 1 heteroatoms. The first-order chi connectivity index (χ1) is 15.7. The van der Waals surface area contributed by atoms with E-state index < -0.39 is 0 Å². The van der Waals surface area contributed by atoms with Gasteiger partial charge in [0, 0.05) is 0 Å². The van der Waals surface area contributed by atoms with Gasteiger partial charge in [-0.2, -0.15) is 0 Å². The Bertz CT molecular complexity index is 768. The summed E-state index contributed by atoms with van der Waals surface area (Å²) in [6.45, 7) is 5.28. The predicted molar refractivity (Wildman–Crippen MR) is 141 cm³/mol. The average Bonchev–Trinajstić information content (AvgIpc) is 2.84. The monoisotopic (exact) mass is 433 g/mol. The molecule has 0 spiro atoms. The highest BCUT2D eigenvalue weighted by molar-refractivity contribution is 5.68. The van der Waals surface area contributed by atoms with Gasteiger partial charge in [0.05, 0.1) is 0 Å². The third-order valence-corrected chi connectivity index (χ3v) is 7.74. The maximum absolute atomic E-state index is 5.75. The molecule has 0 bridgehead atoms. The summed E-state index contributed by atoms with van der Waals surface area (Å²) < 4.78 is 0. The number of aryl methyl sites for hydroxylation is 1. The van der Waals surface area contributed by atoms with Crippen LogP contribution in [-0.4, -0.2) is 6.54 Å². The normalized spacial score (nSPS) is 18.7. The molecule has 0 aromatic heterocycles. The molecule has 3 rings (SSSR count). The Kier molecular flexibility index (Phi) is 10.8. The van der Waals surface area contributed by atoms with Crippen LogP contribution in [0, 0.1) is 5.92 Å². The van der Waals surface area contributed by atoms with Gasteiger partial charge in [0.25, 0.3) is 0 Å². The summed E-state index contributed by atoms with van der Waals surface area (Å²) in [4.78, 5) is 0. The van der Waals surface area contributed by atoms with Gasteiger partial charge in [-0.25, -0.2) is 0 Å². The van der Waals surface area contributed by atoms with Gasteiger partial charge in [0.15, 0.2) is 0 Å². The van der Waals surface area contributed by atoms with Gasteiger partial charge in [0.1, 0.15) is 0 Å². The maximum atomic E-state index is 5.75. The molecule has 0 unspecified atom stereocenters. The molecule has 0 radical (unpaired) electrons. The summed E-state index contributed by atoms with van der Waals surface area (Å²) in [7, 11) is 0. The van der Waals surface area contributed by atoms with Crippen molar-refractivity contribution >= 4 is 0 Å². The van der Waals surface area contributed by atoms with Gasteiger partial charge < -0.3 is 5.73 Å². The van der Waals surface area contributed by atoms with Crippen molar-refractivity contribution in [2.75, 3.05) is 6.54 Å². The van der Waals surface area contributed by atoms with Crippen LogP contribution in [-0.2, 0) is 12.8 Å². The zero-order valence-electron chi connectivity index (χ0n) is 20.9. The van der Waals surface area contributed by atoms with E-state index in [4.69, 9.17) is 5.73 Å². The van der Waals surface area contributed by atoms with Crippen molar-refractivity contribution in [1.29, 1.82) is 0 Å². The number of hydrogen-bond acceptors (Lipinski definition) is 1. The largest absolute Gasteiger partial charge is 0.330 e. The number of unbranched alkanes of at least 4 members (excludes halogenated alkanes) is 6. The second kappa shape index (κ2) is 13.8. The van der Waals surface area contributed by atoms with Crippen LogP contribution >= 0.6 is 0 Å². The summed E-state index contributed by atoms with van der Waals surface area (Å²) in [6.07, 6.45) is 19.2. The van der Waals surface area contributed by atoms with E-state index >= 15 is 0 Å². The Balaban J connectivity index is 1.46. The van der Waals surface area contributed by atoms with Crippen molar-refractivity contribution in [2.24, 2.45) is 11.7 Å². The van der Waals surface area contributed by atoms with Crippen molar-refractivity contribution < 1.29 is 0 Å². The van der Waals surface area contributed by atoms with Crippen molar-refractivity contribution in [3.05, 3.63) is 59.2 Å². The van der Waals surface area contributed by atoms with E-state index in [0.717, 1.165) is 31.2 Å². The molecule has 1 saturated carbocycles. The molecule has 32 heavy (non-hydrogen) atoms. The minimum atomic E-state index is 0.721. The molecular weight excluding hydrogens is 386 g/mol. The van der Waals surface area contributed by atoms with Crippen LogP contribution in [0.1, 0.15) is 114 Å². The first-order valence-electron chi connectivity index (χ1n) is 13.7. The molecule has 0 atom stereocenters. The highest BCUT2D eigenvalue weighted by Crippen LogP contribution is 2.38. The molecule has 176 valence electrons. The lowest BCUT2D eigenvalue weighted by Gasteiger charge is -2.29. The fourth-order valence-corrected chi connectivity index (χ4v) is 5.65. The predicted octanol–water partition coefficient (Wildman–Crippen LogP) is 8.83. The van der Waals surface area contributed by atoms with E-state index in [2.05, 4.69) is 56.3 Å². The van der Waals surface area contributed by atoms with Crippen molar-refractivity contribution in [3.8, 4) is 11.1 Å². The summed E-state index contributed by atoms with van der Waals surface area (Å²) in [5, 5.41) is 0. The van der Waals surface area contributed by atoms with E-state index in [-0.39, 0.29) is 0 Å². The second-order valence-corrected chi connectivity index (χ2v) is 10.1. The summed E-state index contributed by atoms with van der Waals surface area (Å²) in [5.74, 6) is 1.76. The van der Waals surface area contributed by atoms with Gasteiger partial charge in [-0.3, -0.25) is 0 Å². The van der Waals surface area contributed by atoms with Crippen molar-refractivity contribution in [1.82, 2.24) is 0 Å². The highest BCUT2D eigenvalue weighted by atomic mass is 14.5. The van der Waals surface area contributed by atoms with E-state index in [0.29, 0.717) is 0 Å². The van der Waals surface area contributed by atoms with Crippen molar-refractivity contribution in [2.45, 2.75) is 110 Å². The number of hydrogen-bond donors (Lipinski definition) is 1. The third-order valence-electron chi connectivity index (χ3n) is 7.74. The topological polar surface area (TPSA) is 26.0 Å². The Hall–Kier alpha value is -1.60. The van der Waals surface area contributed by atoms with E-state index in [1.807, 2.05) is 0 Å². The molecule has 1 aliphatic rings. The van der Waals surface area contributed by atoms with Gasteiger partial charge in [-0.1, -0.05) is 108 Å². The average molecular weight is 434 g/mol. The van der Waals surface area contributed by atoms with Crippen LogP contribution in [0.2, 0.25) is 0 Å². The Labute approximate surface area is 198 Å². The zero-order chi connectivity index (χ0) is 22.6. The lowest BCUT2D eigenvalue weighted by Crippen LogP contribution is -2.13. The molecule has 1 fully saturated rings. The lowest BCUT2D eigenvalue weighted by molar-refractivity contribution is 0.302. The fraction of sp³-hybridized carbons (Fsp3) is 0.613. The minimum Gasteiger partial charge on any atom is -0.330 e. The molecule has 1 nitrogen and oxygen atoms in total. The van der Waals surface area contributed by atoms with E-state index in [9.17, 15) is 0 Å². The van der Waals surface area contributed by atoms with Crippen molar-refractivity contribution in [3.63, 3.8) is 0 Å². The molecule has 0 saturated heterocycles. The Morgan fingerprint density at radius 1 is 0.781 bits per heavy atom. The standard InChI is InChI=1S/C31H47N/c1-3-5-6-7-8-9-10-11-25-12-15-28(16-13-25)29-17-19-30(20-18-29)31-21-14-26(22-23-32)24-27(31)4-2/h14,17-21,24-25,28H,3-13,15-16,22-23,32H2,1-2H3. The SMILES string of the molecule is CCCCCCCCCC1CCC(c2ccc(-c3ccc(CCN)cc3CC)cc2)CC1. The Morgan fingerprint density at radius 2 is 1.47 bits per heavy atom. The minimum absolute atomic E-state index is 0.721. The quantitative estimate of drug-likeness (QED) is 0.314. The summed E-state index contributed by atoms with van der Waals surface area (Å²) in [6, 6.07) is 16.4. The van der Waals surface area contributed by atoms with Crippen LogP contribution < -0.4 is 5.73 Å². The van der Waals surface area contributed by atoms with Crippen LogP contribution in [0.15, 0.2) is 42.5 Å². The highest BCUT2D eigenvalue weighted by Gasteiger charge is 2.22. The molecule has 0 heterocycles. The first-order valence-corrected chi connectivity index (χ1v) is 13.7. The second-order valence-electron chi connectivity index (χ2n) is 10.1. The fourth-order valence-electron chi connectivity index (χ4n) is 5.65. The smallest absolute Gasteiger partial charge is 0.00367 e. The van der Waals surface area contributed by atoms with Crippen LogP contribution in [0.3, 0.4) is 0 Å². The lowest BCUT2D eigenvalue weighted by atomic mass is 9.77. The first kappa shape index (κ1) is 25.0.